The molecule has 0 unspecified atom stereocenters. The first kappa shape index (κ1) is 20.6. The van der Waals surface area contributed by atoms with Crippen LogP contribution in [-0.2, 0) is 19.5 Å². The van der Waals surface area contributed by atoms with E-state index in [1.165, 1.54) is 11.6 Å². The molecule has 2 aromatic carbocycles. The van der Waals surface area contributed by atoms with Crippen LogP contribution in [0.4, 0.5) is 4.39 Å². The van der Waals surface area contributed by atoms with Gasteiger partial charge in [0.2, 0.25) is 0 Å². The number of guanidine groups is 1. The van der Waals surface area contributed by atoms with Gasteiger partial charge in [0.1, 0.15) is 5.82 Å². The summed E-state index contributed by atoms with van der Waals surface area (Å²) in [6.07, 6.45) is 0.598. The number of hydrogen-bond acceptors (Lipinski definition) is 2. The third-order valence-corrected chi connectivity index (χ3v) is 5.01. The number of aromatic nitrogens is 2. The summed E-state index contributed by atoms with van der Waals surface area (Å²) < 4.78 is 15.8. The van der Waals surface area contributed by atoms with Gasteiger partial charge in [0.15, 0.2) is 5.96 Å². The average Bonchev–Trinajstić information content (AvgIpc) is 2.99. The van der Waals surface area contributed by atoms with Gasteiger partial charge in [-0.15, -0.1) is 0 Å². The van der Waals surface area contributed by atoms with Crippen LogP contribution in [0.2, 0.25) is 0 Å². The van der Waals surface area contributed by atoms with E-state index in [0.717, 1.165) is 23.5 Å². The van der Waals surface area contributed by atoms with Crippen molar-refractivity contribution in [2.24, 2.45) is 4.99 Å². The van der Waals surface area contributed by atoms with Gasteiger partial charge in [0, 0.05) is 31.4 Å². The number of nitrogens with zero attached hydrogens (tertiary/aromatic N) is 3. The van der Waals surface area contributed by atoms with Gasteiger partial charge in [-0.2, -0.15) is 5.10 Å². The third-order valence-electron chi connectivity index (χ3n) is 5.01. The second kappa shape index (κ2) is 9.87. The van der Waals surface area contributed by atoms with E-state index in [2.05, 4.69) is 34.7 Å². The van der Waals surface area contributed by atoms with Crippen molar-refractivity contribution in [3.63, 3.8) is 0 Å². The second-order valence-corrected chi connectivity index (χ2v) is 6.99. The van der Waals surface area contributed by atoms with E-state index in [9.17, 15) is 4.39 Å². The largest absolute Gasteiger partial charge is 0.356 e. The molecule has 1 aromatic heterocycles. The molecule has 0 radical (unpaired) electrons. The zero-order valence-electron chi connectivity index (χ0n) is 17.2. The highest BCUT2D eigenvalue weighted by Gasteiger charge is 2.12. The number of hydrogen-bond donors (Lipinski definition) is 2. The Hall–Kier alpha value is -3.15. The summed E-state index contributed by atoms with van der Waals surface area (Å²) in [7, 11) is 1.73. The molecule has 1 heterocycles. The Morgan fingerprint density at radius 1 is 1.03 bits per heavy atom. The van der Waals surface area contributed by atoms with Crippen molar-refractivity contribution in [1.29, 1.82) is 0 Å². The van der Waals surface area contributed by atoms with Crippen molar-refractivity contribution in [3.8, 4) is 0 Å². The summed E-state index contributed by atoms with van der Waals surface area (Å²) in [5, 5.41) is 11.3. The smallest absolute Gasteiger partial charge is 0.191 e. The summed E-state index contributed by atoms with van der Waals surface area (Å²) in [6.45, 7) is 6.11. The van der Waals surface area contributed by atoms with Crippen LogP contribution in [0.3, 0.4) is 0 Å². The predicted molar refractivity (Wildman–Crippen MR) is 116 cm³/mol. The van der Waals surface area contributed by atoms with Gasteiger partial charge >= 0.3 is 0 Å². The maximum atomic E-state index is 13.7. The Morgan fingerprint density at radius 3 is 2.48 bits per heavy atom. The van der Waals surface area contributed by atoms with Gasteiger partial charge in [-0.3, -0.25) is 9.67 Å². The van der Waals surface area contributed by atoms with E-state index in [0.29, 0.717) is 31.0 Å². The molecule has 0 fully saturated rings. The molecular formula is C23H28FN5. The molecule has 0 bridgehead atoms. The first-order chi connectivity index (χ1) is 14.1. The maximum absolute atomic E-state index is 13.7. The van der Waals surface area contributed by atoms with Crippen LogP contribution >= 0.6 is 0 Å². The first-order valence-corrected chi connectivity index (χ1v) is 9.83. The second-order valence-electron chi connectivity index (χ2n) is 6.99. The lowest BCUT2D eigenvalue weighted by molar-refractivity contribution is 0.606. The normalized spacial score (nSPS) is 11.5. The molecule has 3 rings (SSSR count). The van der Waals surface area contributed by atoms with Gasteiger partial charge in [0.05, 0.1) is 12.2 Å². The minimum atomic E-state index is -0.172. The molecule has 6 heteroatoms. The molecule has 0 aliphatic heterocycles. The summed E-state index contributed by atoms with van der Waals surface area (Å²) in [4.78, 5) is 4.26. The highest BCUT2D eigenvalue weighted by Crippen LogP contribution is 2.14. The molecule has 2 N–H and O–H groups in total. The van der Waals surface area contributed by atoms with Crippen molar-refractivity contribution in [2.75, 3.05) is 13.6 Å². The lowest BCUT2D eigenvalue weighted by Gasteiger charge is -2.12. The fourth-order valence-electron chi connectivity index (χ4n) is 3.31. The van der Waals surface area contributed by atoms with E-state index >= 15 is 0 Å². The van der Waals surface area contributed by atoms with E-state index in [1.54, 1.807) is 19.2 Å². The molecule has 152 valence electrons. The Labute approximate surface area is 171 Å². The summed E-state index contributed by atoms with van der Waals surface area (Å²) in [5.74, 6) is 0.519. The molecule has 5 nitrogen and oxygen atoms in total. The minimum absolute atomic E-state index is 0.172. The number of nitrogens with one attached hydrogen (secondary N) is 2. The Balaban J connectivity index is 1.56. The Bertz CT molecular complexity index is 963. The summed E-state index contributed by atoms with van der Waals surface area (Å²) >= 11 is 0. The molecule has 0 amide bonds. The van der Waals surface area contributed by atoms with Gasteiger partial charge < -0.3 is 10.6 Å². The number of halogens is 1. The van der Waals surface area contributed by atoms with Crippen LogP contribution in [0.1, 0.15) is 28.1 Å². The molecule has 0 aliphatic carbocycles. The number of aliphatic imine (C=N–C) groups is 1. The summed E-state index contributed by atoms with van der Waals surface area (Å²) in [6, 6.07) is 17.2. The quantitative estimate of drug-likeness (QED) is 0.476. The highest BCUT2D eigenvalue weighted by molar-refractivity contribution is 5.79. The topological polar surface area (TPSA) is 54.2 Å². The molecule has 0 spiro atoms. The van der Waals surface area contributed by atoms with Gasteiger partial charge in [-0.1, -0.05) is 48.5 Å². The van der Waals surface area contributed by atoms with E-state index in [1.807, 2.05) is 35.9 Å². The average molecular weight is 394 g/mol. The number of benzene rings is 2. The molecule has 0 saturated carbocycles. The van der Waals surface area contributed by atoms with E-state index in [-0.39, 0.29) is 5.82 Å². The lowest BCUT2D eigenvalue weighted by Crippen LogP contribution is -2.38. The van der Waals surface area contributed by atoms with Crippen LogP contribution in [0.15, 0.2) is 59.6 Å². The molecule has 0 atom stereocenters. The van der Waals surface area contributed by atoms with Gasteiger partial charge in [0.25, 0.3) is 0 Å². The lowest BCUT2D eigenvalue weighted by atomic mass is 10.1. The SMILES string of the molecule is CN=C(NCCc1ccccc1F)NCc1c(C)nn(Cc2ccccc2)c1C. The van der Waals surface area contributed by atoms with E-state index in [4.69, 9.17) is 5.10 Å². The third kappa shape index (κ3) is 5.44. The fraction of sp³-hybridized carbons (Fsp3) is 0.304. The van der Waals surface area contributed by atoms with Crippen molar-refractivity contribution in [3.05, 3.63) is 88.5 Å². The van der Waals surface area contributed by atoms with Crippen LogP contribution in [0.5, 0.6) is 0 Å². The standard InChI is InChI=1S/C23H28FN5/c1-17-21(18(2)29(28-17)16-19-9-5-4-6-10-19)15-27-23(25-3)26-14-13-20-11-7-8-12-22(20)24/h4-12H,13-16H2,1-3H3,(H2,25,26,27). The number of rotatable bonds is 7. The van der Waals surface area contributed by atoms with Crippen LogP contribution < -0.4 is 10.6 Å². The van der Waals surface area contributed by atoms with Crippen molar-refractivity contribution < 1.29 is 4.39 Å². The highest BCUT2D eigenvalue weighted by atomic mass is 19.1. The molecular weight excluding hydrogens is 365 g/mol. The number of aryl methyl sites for hydroxylation is 1. The monoisotopic (exact) mass is 393 g/mol. The Kier molecular flexibility index (Phi) is 7.00. The summed E-state index contributed by atoms with van der Waals surface area (Å²) in [5.41, 5.74) is 5.24. The van der Waals surface area contributed by atoms with Gasteiger partial charge in [-0.25, -0.2) is 4.39 Å². The molecule has 29 heavy (non-hydrogen) atoms. The predicted octanol–water partition coefficient (Wildman–Crippen LogP) is 3.60. The van der Waals surface area contributed by atoms with Crippen molar-refractivity contribution in [2.45, 2.75) is 33.4 Å². The van der Waals surface area contributed by atoms with Crippen LogP contribution in [-0.4, -0.2) is 29.3 Å². The van der Waals surface area contributed by atoms with Crippen LogP contribution in [0, 0.1) is 19.7 Å². The van der Waals surface area contributed by atoms with Crippen molar-refractivity contribution >= 4 is 5.96 Å². The van der Waals surface area contributed by atoms with Crippen LogP contribution in [0.25, 0.3) is 0 Å². The maximum Gasteiger partial charge on any atom is 0.191 e. The first-order valence-electron chi connectivity index (χ1n) is 9.83. The zero-order valence-corrected chi connectivity index (χ0v) is 17.2. The van der Waals surface area contributed by atoms with E-state index < -0.39 is 0 Å². The molecule has 0 saturated heterocycles. The van der Waals surface area contributed by atoms with Crippen molar-refractivity contribution in [1.82, 2.24) is 20.4 Å². The fourth-order valence-corrected chi connectivity index (χ4v) is 3.31. The van der Waals surface area contributed by atoms with Gasteiger partial charge in [-0.05, 0) is 37.5 Å². The molecule has 0 aliphatic rings. The minimum Gasteiger partial charge on any atom is -0.356 e. The molecule has 3 aromatic rings. The Morgan fingerprint density at radius 2 is 1.76 bits per heavy atom. The zero-order chi connectivity index (χ0) is 20.6.